The van der Waals surface area contributed by atoms with Gasteiger partial charge in [-0.05, 0) is 25.0 Å². The molecule has 2 rings (SSSR count). The summed E-state index contributed by atoms with van der Waals surface area (Å²) in [6, 6.07) is 3.37. The number of aliphatic hydroxyl groups excluding tert-OH is 1. The Bertz CT molecular complexity index is 479. The largest absolute Gasteiger partial charge is 0.396 e. The summed E-state index contributed by atoms with van der Waals surface area (Å²) in [6.45, 7) is -0.00339. The van der Waals surface area contributed by atoms with Crippen molar-refractivity contribution in [2.75, 3.05) is 6.61 Å². The van der Waals surface area contributed by atoms with Gasteiger partial charge < -0.3 is 10.4 Å². The van der Waals surface area contributed by atoms with Gasteiger partial charge in [-0.3, -0.25) is 4.79 Å². The molecule has 1 aromatic carbocycles. The molecule has 110 valence electrons. The second kappa shape index (κ2) is 6.79. The average molecular weight is 283 g/mol. The van der Waals surface area contributed by atoms with E-state index in [1.54, 1.807) is 0 Å². The molecule has 0 heterocycles. The zero-order chi connectivity index (χ0) is 14.5. The summed E-state index contributed by atoms with van der Waals surface area (Å²) in [6.07, 6.45) is 4.65. The Hall–Kier alpha value is -1.49. The Morgan fingerprint density at radius 2 is 2.00 bits per heavy atom. The molecule has 20 heavy (non-hydrogen) atoms. The normalized spacial score (nSPS) is 23.1. The number of benzene rings is 1. The van der Waals surface area contributed by atoms with Crippen LogP contribution < -0.4 is 5.32 Å². The first-order valence-electron chi connectivity index (χ1n) is 6.99. The highest BCUT2D eigenvalue weighted by Crippen LogP contribution is 2.23. The lowest BCUT2D eigenvalue weighted by molar-refractivity contribution is 0.0894. The van der Waals surface area contributed by atoms with Crippen LogP contribution in [0.1, 0.15) is 42.5 Å². The fraction of sp³-hybridized carbons (Fsp3) is 0.533. The molecular formula is C15H19F2NO2. The minimum atomic E-state index is -1.13. The van der Waals surface area contributed by atoms with Crippen LogP contribution in [0.3, 0.4) is 0 Å². The number of aliphatic hydroxyl groups is 1. The summed E-state index contributed by atoms with van der Waals surface area (Å²) >= 11 is 0. The van der Waals surface area contributed by atoms with E-state index >= 15 is 0 Å². The van der Waals surface area contributed by atoms with E-state index in [2.05, 4.69) is 5.32 Å². The first-order chi connectivity index (χ1) is 9.63. The van der Waals surface area contributed by atoms with E-state index in [0.717, 1.165) is 38.2 Å². The zero-order valence-corrected chi connectivity index (χ0v) is 11.2. The minimum Gasteiger partial charge on any atom is -0.396 e. The van der Waals surface area contributed by atoms with Gasteiger partial charge in [-0.25, -0.2) is 8.78 Å². The summed E-state index contributed by atoms with van der Waals surface area (Å²) in [5.74, 6) is -2.79. The van der Waals surface area contributed by atoms with E-state index in [1.807, 2.05) is 0 Å². The Morgan fingerprint density at radius 1 is 1.25 bits per heavy atom. The van der Waals surface area contributed by atoms with Crippen molar-refractivity contribution in [1.82, 2.24) is 5.32 Å². The third kappa shape index (κ3) is 3.33. The highest BCUT2D eigenvalue weighted by molar-refractivity contribution is 5.94. The summed E-state index contributed by atoms with van der Waals surface area (Å²) < 4.78 is 26.7. The van der Waals surface area contributed by atoms with Crippen LogP contribution in [0.25, 0.3) is 0 Å². The molecule has 0 radical (unpaired) electrons. The zero-order valence-electron chi connectivity index (χ0n) is 11.2. The highest BCUT2D eigenvalue weighted by atomic mass is 19.2. The van der Waals surface area contributed by atoms with E-state index in [4.69, 9.17) is 0 Å². The van der Waals surface area contributed by atoms with Crippen LogP contribution in [0.5, 0.6) is 0 Å². The van der Waals surface area contributed by atoms with Gasteiger partial charge in [0.1, 0.15) is 0 Å². The van der Waals surface area contributed by atoms with Crippen LogP contribution in [-0.2, 0) is 0 Å². The monoisotopic (exact) mass is 283 g/mol. The molecule has 3 nitrogen and oxygen atoms in total. The summed E-state index contributed by atoms with van der Waals surface area (Å²) in [4.78, 5) is 12.1. The van der Waals surface area contributed by atoms with E-state index in [0.29, 0.717) is 0 Å². The van der Waals surface area contributed by atoms with Crippen molar-refractivity contribution in [3.8, 4) is 0 Å². The Morgan fingerprint density at radius 3 is 2.75 bits per heavy atom. The van der Waals surface area contributed by atoms with Gasteiger partial charge in [0.05, 0.1) is 5.56 Å². The quantitative estimate of drug-likeness (QED) is 0.838. The van der Waals surface area contributed by atoms with Crippen molar-refractivity contribution < 1.29 is 18.7 Å². The highest BCUT2D eigenvalue weighted by Gasteiger charge is 2.26. The number of carbonyl (C=O) groups is 1. The molecule has 1 amide bonds. The van der Waals surface area contributed by atoms with Gasteiger partial charge in [0.15, 0.2) is 11.6 Å². The number of amides is 1. The van der Waals surface area contributed by atoms with Crippen LogP contribution in [0.4, 0.5) is 8.78 Å². The van der Waals surface area contributed by atoms with E-state index < -0.39 is 17.5 Å². The predicted molar refractivity (Wildman–Crippen MR) is 71.3 cm³/mol. The lowest BCUT2D eigenvalue weighted by Crippen LogP contribution is -2.41. The first-order valence-corrected chi connectivity index (χ1v) is 6.99. The van der Waals surface area contributed by atoms with Gasteiger partial charge in [-0.2, -0.15) is 0 Å². The van der Waals surface area contributed by atoms with Crippen molar-refractivity contribution in [2.24, 2.45) is 5.92 Å². The Labute approximate surface area is 117 Å². The van der Waals surface area contributed by atoms with Crippen LogP contribution in [-0.4, -0.2) is 23.7 Å². The topological polar surface area (TPSA) is 49.3 Å². The van der Waals surface area contributed by atoms with Crippen molar-refractivity contribution in [3.63, 3.8) is 0 Å². The predicted octanol–water partition coefficient (Wildman–Crippen LogP) is 2.64. The third-order valence-electron chi connectivity index (χ3n) is 3.91. The molecule has 2 unspecified atom stereocenters. The lowest BCUT2D eigenvalue weighted by atomic mass is 9.95. The van der Waals surface area contributed by atoms with Crippen molar-refractivity contribution in [1.29, 1.82) is 0 Å². The molecule has 0 bridgehead atoms. The fourth-order valence-electron chi connectivity index (χ4n) is 2.72. The molecule has 1 aliphatic carbocycles. The molecular weight excluding hydrogens is 264 g/mol. The van der Waals surface area contributed by atoms with Crippen LogP contribution in [0.15, 0.2) is 18.2 Å². The molecule has 0 spiro atoms. The molecule has 1 saturated carbocycles. The molecule has 2 N–H and O–H groups in total. The summed E-state index contributed by atoms with van der Waals surface area (Å²) in [5.41, 5.74) is -0.286. The van der Waals surface area contributed by atoms with E-state index in [1.165, 1.54) is 12.1 Å². The van der Waals surface area contributed by atoms with Gasteiger partial charge >= 0.3 is 0 Å². The number of rotatable bonds is 3. The van der Waals surface area contributed by atoms with Crippen molar-refractivity contribution in [2.45, 2.75) is 38.1 Å². The number of nitrogens with one attached hydrogen (secondary N) is 1. The molecule has 2 atom stereocenters. The SMILES string of the molecule is O=C(NC1CCCCCC1CO)c1cccc(F)c1F. The second-order valence-electron chi connectivity index (χ2n) is 5.26. The summed E-state index contributed by atoms with van der Waals surface area (Å²) in [7, 11) is 0. The average Bonchev–Trinajstić information content (AvgIpc) is 2.66. The maximum atomic E-state index is 13.6. The smallest absolute Gasteiger partial charge is 0.254 e. The fourth-order valence-corrected chi connectivity index (χ4v) is 2.72. The van der Waals surface area contributed by atoms with Crippen molar-refractivity contribution in [3.05, 3.63) is 35.4 Å². The maximum Gasteiger partial charge on any atom is 0.254 e. The second-order valence-corrected chi connectivity index (χ2v) is 5.26. The first kappa shape index (κ1) is 14.9. The number of carbonyl (C=O) groups excluding carboxylic acids is 1. The molecule has 0 aromatic heterocycles. The molecule has 1 aliphatic rings. The molecule has 0 aliphatic heterocycles. The van der Waals surface area contributed by atoms with Crippen molar-refractivity contribution >= 4 is 5.91 Å². The Balaban J connectivity index is 2.11. The molecule has 1 fully saturated rings. The Kier molecular flexibility index (Phi) is 5.06. The third-order valence-corrected chi connectivity index (χ3v) is 3.91. The van der Waals surface area contributed by atoms with Crippen LogP contribution in [0, 0.1) is 17.6 Å². The number of hydrogen-bond acceptors (Lipinski definition) is 2. The number of halogens is 2. The van der Waals surface area contributed by atoms with Gasteiger partial charge in [0.25, 0.3) is 5.91 Å². The van der Waals surface area contributed by atoms with Gasteiger partial charge in [0, 0.05) is 18.6 Å². The molecule has 1 aromatic rings. The van der Waals surface area contributed by atoms with Gasteiger partial charge in [-0.15, -0.1) is 0 Å². The van der Waals surface area contributed by atoms with Gasteiger partial charge in [-0.1, -0.05) is 25.3 Å². The van der Waals surface area contributed by atoms with Gasteiger partial charge in [0.2, 0.25) is 0 Å². The lowest BCUT2D eigenvalue weighted by Gasteiger charge is -2.24. The minimum absolute atomic E-state index is 0.00339. The number of hydrogen-bond donors (Lipinski definition) is 2. The molecule has 0 saturated heterocycles. The summed E-state index contributed by atoms with van der Waals surface area (Å²) in [5, 5.41) is 12.1. The molecule has 5 heteroatoms. The van der Waals surface area contributed by atoms with Crippen LogP contribution >= 0.6 is 0 Å². The van der Waals surface area contributed by atoms with Crippen LogP contribution in [0.2, 0.25) is 0 Å². The van der Waals surface area contributed by atoms with E-state index in [-0.39, 0.29) is 24.1 Å². The maximum absolute atomic E-state index is 13.6. The van der Waals surface area contributed by atoms with E-state index in [9.17, 15) is 18.7 Å². The standard InChI is InChI=1S/C15H19F2NO2/c16-12-7-4-6-11(14(12)17)15(20)18-13-8-3-1-2-5-10(13)9-19/h4,6-7,10,13,19H,1-3,5,8-9H2,(H,18,20).